The van der Waals surface area contributed by atoms with E-state index in [1.807, 2.05) is 105 Å². The van der Waals surface area contributed by atoms with Crippen LogP contribution >= 0.6 is 24.4 Å². The molecule has 2 heterocycles. The van der Waals surface area contributed by atoms with Gasteiger partial charge < -0.3 is 10.6 Å². The summed E-state index contributed by atoms with van der Waals surface area (Å²) in [6.07, 6.45) is 0. The summed E-state index contributed by atoms with van der Waals surface area (Å²) in [5.41, 5.74) is 10.7. The first-order chi connectivity index (χ1) is 19.0. The number of hydrogen-bond acceptors (Lipinski definition) is 6. The van der Waals surface area contributed by atoms with Crippen molar-refractivity contribution in [2.75, 3.05) is 31.9 Å². The molecule has 0 unspecified atom stereocenters. The summed E-state index contributed by atoms with van der Waals surface area (Å²) < 4.78 is 6.70. The van der Waals surface area contributed by atoms with Crippen molar-refractivity contribution in [2.45, 2.75) is 13.8 Å². The Morgan fingerprint density at radius 3 is 1.74 bits per heavy atom. The van der Waals surface area contributed by atoms with Crippen LogP contribution in [0, 0.1) is 9.41 Å². The zero-order chi connectivity index (χ0) is 27.4. The third-order valence-corrected chi connectivity index (χ3v) is 7.50. The number of nitrogens with zero attached hydrogens (tertiary/aromatic N) is 6. The summed E-state index contributed by atoms with van der Waals surface area (Å²) in [6, 6.07) is 29.7. The average Bonchev–Trinajstić information content (AvgIpc) is 2.97. The number of rotatable bonds is 8. The van der Waals surface area contributed by atoms with Gasteiger partial charge in [-0.25, -0.2) is 4.99 Å². The minimum absolute atomic E-state index is 0.460. The second-order valence-corrected chi connectivity index (χ2v) is 9.76. The van der Waals surface area contributed by atoms with Gasteiger partial charge in [0.1, 0.15) is 10.5 Å². The maximum atomic E-state index is 7.01. The molecule has 0 aliphatic rings. The molecule has 0 aliphatic carbocycles. The summed E-state index contributed by atoms with van der Waals surface area (Å²) in [5, 5.41) is 0.637. The molecule has 2 aromatic heterocycles. The number of nitrogens with two attached hydrogens (primary N) is 1. The van der Waals surface area contributed by atoms with Crippen molar-refractivity contribution in [3.8, 4) is 17.1 Å². The van der Waals surface area contributed by atoms with Crippen LogP contribution in [0.4, 0.5) is 5.82 Å². The molecular weight excluding hydrogens is 523 g/mol. The van der Waals surface area contributed by atoms with Gasteiger partial charge in [0.15, 0.2) is 10.4 Å². The van der Waals surface area contributed by atoms with E-state index in [9.17, 15) is 0 Å². The van der Waals surface area contributed by atoms with Gasteiger partial charge in [0.25, 0.3) is 0 Å². The summed E-state index contributed by atoms with van der Waals surface area (Å²) in [5.74, 6) is 0.460. The van der Waals surface area contributed by atoms with Crippen LogP contribution in [0.1, 0.15) is 13.8 Å². The number of anilines is 1. The topological polar surface area (TPSA) is 69.3 Å². The van der Waals surface area contributed by atoms with Crippen LogP contribution in [0.3, 0.4) is 0 Å². The largest absolute Gasteiger partial charge is 0.384 e. The lowest BCUT2D eigenvalue weighted by Crippen LogP contribution is -2.30. The van der Waals surface area contributed by atoms with Crippen molar-refractivity contribution in [3.05, 3.63) is 106 Å². The fraction of sp³-hybridized carbons (Fsp3) is 0.200. The van der Waals surface area contributed by atoms with E-state index in [4.69, 9.17) is 40.1 Å². The van der Waals surface area contributed by atoms with Gasteiger partial charge in [-0.15, -0.1) is 0 Å². The van der Waals surface area contributed by atoms with Crippen LogP contribution in [-0.4, -0.2) is 49.8 Å². The average molecular weight is 554 g/mol. The molecule has 0 spiro atoms. The molecule has 0 atom stereocenters. The summed E-state index contributed by atoms with van der Waals surface area (Å²) in [7, 11) is 0. The monoisotopic (exact) mass is 553 g/mol. The van der Waals surface area contributed by atoms with E-state index in [1.54, 1.807) is 0 Å². The molecule has 5 rings (SSSR count). The lowest BCUT2D eigenvalue weighted by atomic mass is 10.2. The predicted molar refractivity (Wildman–Crippen MR) is 164 cm³/mol. The number of nitrogen functional groups attached to an aromatic ring is 1. The van der Waals surface area contributed by atoms with E-state index < -0.39 is 0 Å². The fourth-order valence-electron chi connectivity index (χ4n) is 4.67. The maximum Gasteiger partial charge on any atom is 0.233 e. The lowest BCUT2D eigenvalue weighted by molar-refractivity contribution is 0.312. The first-order valence-corrected chi connectivity index (χ1v) is 13.9. The smallest absolute Gasteiger partial charge is 0.233 e. The van der Waals surface area contributed by atoms with Crippen LogP contribution in [-0.2, 0) is 0 Å². The predicted octanol–water partition coefficient (Wildman–Crippen LogP) is 5.89. The summed E-state index contributed by atoms with van der Waals surface area (Å²) in [4.78, 5) is 12.4. The SMILES string of the molecule is CCN(CC)CCN=c1nc2c(c(N)n1-c1ccccc1)c(=S)n(-c1ccccc1)c(=S)n2-c1ccccc1. The van der Waals surface area contributed by atoms with E-state index in [2.05, 4.69) is 18.7 Å². The van der Waals surface area contributed by atoms with E-state index in [-0.39, 0.29) is 0 Å². The van der Waals surface area contributed by atoms with Gasteiger partial charge in [-0.2, -0.15) is 4.98 Å². The molecule has 9 heteroatoms. The molecule has 0 amide bonds. The highest BCUT2D eigenvalue weighted by Gasteiger charge is 2.19. The third-order valence-electron chi connectivity index (χ3n) is 6.74. The molecule has 0 saturated heterocycles. The minimum atomic E-state index is 0.460. The Labute approximate surface area is 238 Å². The van der Waals surface area contributed by atoms with Gasteiger partial charge in [0.05, 0.1) is 17.6 Å². The van der Waals surface area contributed by atoms with Crippen LogP contribution in [0.25, 0.3) is 28.1 Å². The Kier molecular flexibility index (Phi) is 8.11. The zero-order valence-electron chi connectivity index (χ0n) is 22.1. The highest BCUT2D eigenvalue weighted by atomic mass is 32.1. The number of fused-ring (bicyclic) bond motifs is 1. The van der Waals surface area contributed by atoms with E-state index in [0.717, 1.165) is 36.7 Å². The highest BCUT2D eigenvalue weighted by molar-refractivity contribution is 7.72. The van der Waals surface area contributed by atoms with Crippen molar-refractivity contribution in [2.24, 2.45) is 4.99 Å². The number of aromatic nitrogens is 4. The minimum Gasteiger partial charge on any atom is -0.384 e. The molecule has 0 bridgehead atoms. The van der Waals surface area contributed by atoms with Crippen LogP contribution in [0.2, 0.25) is 0 Å². The highest BCUT2D eigenvalue weighted by Crippen LogP contribution is 2.27. The quantitative estimate of drug-likeness (QED) is 0.243. The number of hydrogen-bond donors (Lipinski definition) is 1. The molecule has 2 N–H and O–H groups in total. The van der Waals surface area contributed by atoms with Crippen molar-refractivity contribution in [1.82, 2.24) is 23.6 Å². The van der Waals surface area contributed by atoms with Crippen molar-refractivity contribution < 1.29 is 0 Å². The van der Waals surface area contributed by atoms with Crippen LogP contribution in [0.5, 0.6) is 0 Å². The fourth-order valence-corrected chi connectivity index (χ4v) is 5.51. The van der Waals surface area contributed by atoms with Gasteiger partial charge in [-0.3, -0.25) is 13.7 Å². The second-order valence-electron chi connectivity index (χ2n) is 9.00. The molecular formula is C30H31N7S2. The van der Waals surface area contributed by atoms with Gasteiger partial charge >= 0.3 is 0 Å². The molecule has 5 aromatic rings. The number of benzene rings is 3. The third kappa shape index (κ3) is 5.21. The molecule has 3 aromatic carbocycles. The summed E-state index contributed by atoms with van der Waals surface area (Å²) in [6.45, 7) is 7.63. The molecule has 0 fully saturated rings. The second kappa shape index (κ2) is 11.9. The molecule has 0 radical (unpaired) electrons. The van der Waals surface area contributed by atoms with Crippen LogP contribution in [0.15, 0.2) is 96.0 Å². The Bertz CT molecular complexity index is 1770. The van der Waals surface area contributed by atoms with E-state index >= 15 is 0 Å². The summed E-state index contributed by atoms with van der Waals surface area (Å²) >= 11 is 12.1. The Hall–Kier alpha value is -3.92. The Morgan fingerprint density at radius 2 is 1.23 bits per heavy atom. The van der Waals surface area contributed by atoms with Crippen molar-refractivity contribution in [3.63, 3.8) is 0 Å². The lowest BCUT2D eigenvalue weighted by Gasteiger charge is -2.20. The Balaban J connectivity index is 1.91. The zero-order valence-corrected chi connectivity index (χ0v) is 23.7. The van der Waals surface area contributed by atoms with Gasteiger partial charge in [-0.05, 0) is 61.7 Å². The molecule has 0 aliphatic heterocycles. The maximum absolute atomic E-state index is 7.01. The van der Waals surface area contributed by atoms with Gasteiger partial charge in [0, 0.05) is 17.9 Å². The normalized spacial score (nSPS) is 11.9. The molecule has 39 heavy (non-hydrogen) atoms. The van der Waals surface area contributed by atoms with Crippen molar-refractivity contribution in [1.29, 1.82) is 0 Å². The first-order valence-electron chi connectivity index (χ1n) is 13.0. The van der Waals surface area contributed by atoms with Crippen LogP contribution < -0.4 is 11.4 Å². The van der Waals surface area contributed by atoms with Gasteiger partial charge in [0.2, 0.25) is 5.62 Å². The van der Waals surface area contributed by atoms with E-state index in [1.165, 1.54) is 0 Å². The molecule has 0 saturated carbocycles. The number of likely N-dealkylation sites (N-methyl/N-ethyl adjacent to an activating group) is 1. The standard InChI is InChI=1S/C30H31N7S2/c1-3-34(4-2)21-20-32-29-33-27-25(26(31)35(29)22-14-8-5-9-15-22)28(38)37(24-18-12-7-13-19-24)30(39)36(27)23-16-10-6-11-17-23/h5-19H,3-4,20-21,31H2,1-2H3. The first kappa shape index (κ1) is 26.7. The van der Waals surface area contributed by atoms with E-state index in [0.29, 0.717) is 38.4 Å². The Morgan fingerprint density at radius 1 is 0.744 bits per heavy atom. The van der Waals surface area contributed by atoms with Gasteiger partial charge in [-0.1, -0.05) is 80.7 Å². The number of para-hydroxylation sites is 3. The van der Waals surface area contributed by atoms with Crippen molar-refractivity contribution >= 4 is 41.3 Å². The molecule has 7 nitrogen and oxygen atoms in total. The molecule has 198 valence electrons.